The molecule has 0 saturated carbocycles. The molecule has 0 spiro atoms. The summed E-state index contributed by atoms with van der Waals surface area (Å²) < 4.78 is 10.7. The number of rotatable bonds is 5. The lowest BCUT2D eigenvalue weighted by molar-refractivity contribution is 0.174. The molecule has 2 heterocycles. The van der Waals surface area contributed by atoms with Crippen molar-refractivity contribution in [3.05, 3.63) is 66.0 Å². The molecule has 3 aromatic rings. The van der Waals surface area contributed by atoms with Crippen molar-refractivity contribution >= 4 is 0 Å². The van der Waals surface area contributed by atoms with E-state index in [1.165, 1.54) is 0 Å². The summed E-state index contributed by atoms with van der Waals surface area (Å²) in [6.07, 6.45) is 1.78. The molecule has 0 unspecified atom stereocenters. The number of fused-ring (bicyclic) bond motifs is 1. The highest BCUT2D eigenvalue weighted by Gasteiger charge is 2.12. The average Bonchev–Trinajstić information content (AvgIpc) is 3.24. The smallest absolute Gasteiger partial charge is 0.231 e. The van der Waals surface area contributed by atoms with Gasteiger partial charge >= 0.3 is 0 Å². The number of hydrogen-bond donors (Lipinski definition) is 1. The molecule has 0 fully saturated rings. The molecule has 0 aliphatic carbocycles. The zero-order valence-electron chi connectivity index (χ0n) is 12.5. The van der Waals surface area contributed by atoms with Crippen molar-refractivity contribution in [2.75, 3.05) is 6.79 Å². The summed E-state index contributed by atoms with van der Waals surface area (Å²) in [4.78, 5) is 1.64. The van der Waals surface area contributed by atoms with Gasteiger partial charge in [0.05, 0.1) is 17.6 Å². The van der Waals surface area contributed by atoms with Crippen LogP contribution in [0.25, 0.3) is 5.69 Å². The molecule has 0 bridgehead atoms. The van der Waals surface area contributed by atoms with Crippen molar-refractivity contribution < 1.29 is 9.47 Å². The van der Waals surface area contributed by atoms with Crippen LogP contribution in [-0.2, 0) is 13.1 Å². The summed E-state index contributed by atoms with van der Waals surface area (Å²) in [5.41, 5.74) is 2.99. The van der Waals surface area contributed by atoms with Gasteiger partial charge in [-0.05, 0) is 29.8 Å². The molecule has 1 aliphatic heterocycles. The van der Waals surface area contributed by atoms with Gasteiger partial charge in [0.15, 0.2) is 11.5 Å². The maximum absolute atomic E-state index is 5.38. The molecular formula is C17H16N4O2. The second-order valence-electron chi connectivity index (χ2n) is 5.25. The zero-order valence-corrected chi connectivity index (χ0v) is 12.5. The fourth-order valence-electron chi connectivity index (χ4n) is 2.45. The normalized spacial score (nSPS) is 12.5. The van der Waals surface area contributed by atoms with Gasteiger partial charge in [0.2, 0.25) is 6.79 Å². The second kappa shape index (κ2) is 6.10. The van der Waals surface area contributed by atoms with Crippen LogP contribution in [-0.4, -0.2) is 21.8 Å². The Labute approximate surface area is 133 Å². The highest BCUT2D eigenvalue weighted by Crippen LogP contribution is 2.32. The summed E-state index contributed by atoms with van der Waals surface area (Å²) in [5.74, 6) is 1.61. The molecule has 0 radical (unpaired) electrons. The lowest BCUT2D eigenvalue weighted by Crippen LogP contribution is -2.13. The van der Waals surface area contributed by atoms with Gasteiger partial charge in [-0.3, -0.25) is 0 Å². The lowest BCUT2D eigenvalue weighted by atomic mass is 10.2. The van der Waals surface area contributed by atoms with Gasteiger partial charge in [-0.15, -0.1) is 0 Å². The highest BCUT2D eigenvalue weighted by molar-refractivity contribution is 5.44. The van der Waals surface area contributed by atoms with Crippen molar-refractivity contribution in [1.29, 1.82) is 0 Å². The van der Waals surface area contributed by atoms with Crippen LogP contribution in [0.1, 0.15) is 11.3 Å². The molecule has 116 valence electrons. The van der Waals surface area contributed by atoms with Gasteiger partial charge in [-0.2, -0.15) is 15.0 Å². The van der Waals surface area contributed by atoms with E-state index in [0.29, 0.717) is 13.3 Å². The predicted octanol–water partition coefficient (Wildman–Crippen LogP) is 2.29. The number of ether oxygens (including phenoxy) is 2. The van der Waals surface area contributed by atoms with E-state index in [-0.39, 0.29) is 0 Å². The number of para-hydroxylation sites is 1. The van der Waals surface area contributed by atoms with Gasteiger partial charge in [0.25, 0.3) is 0 Å². The van der Waals surface area contributed by atoms with E-state index in [1.54, 1.807) is 11.0 Å². The Kier molecular flexibility index (Phi) is 3.65. The predicted molar refractivity (Wildman–Crippen MR) is 84.5 cm³/mol. The molecule has 1 aromatic heterocycles. The SMILES string of the molecule is c1ccc(-n2ncc(CNCc3ccc4c(c3)OCO4)n2)cc1. The van der Waals surface area contributed by atoms with Crippen LogP contribution in [0.15, 0.2) is 54.7 Å². The van der Waals surface area contributed by atoms with E-state index in [1.807, 2.05) is 48.5 Å². The molecule has 23 heavy (non-hydrogen) atoms. The number of hydrogen-bond acceptors (Lipinski definition) is 5. The van der Waals surface area contributed by atoms with Crippen LogP contribution >= 0.6 is 0 Å². The van der Waals surface area contributed by atoms with E-state index in [4.69, 9.17) is 9.47 Å². The molecule has 0 saturated heterocycles. The largest absolute Gasteiger partial charge is 0.454 e. The van der Waals surface area contributed by atoms with E-state index < -0.39 is 0 Å². The quantitative estimate of drug-likeness (QED) is 0.783. The van der Waals surface area contributed by atoms with Gasteiger partial charge in [-0.25, -0.2) is 0 Å². The number of nitrogens with one attached hydrogen (secondary N) is 1. The average molecular weight is 308 g/mol. The standard InChI is InChI=1S/C17H16N4O2/c1-2-4-15(5-3-1)21-19-11-14(20-21)10-18-9-13-6-7-16-17(8-13)23-12-22-16/h1-8,11,18H,9-10,12H2. The van der Waals surface area contributed by atoms with Crippen molar-refractivity contribution in [2.45, 2.75) is 13.1 Å². The Balaban J connectivity index is 1.36. The summed E-state index contributed by atoms with van der Waals surface area (Å²) in [5, 5.41) is 12.1. The van der Waals surface area contributed by atoms with Crippen LogP contribution < -0.4 is 14.8 Å². The van der Waals surface area contributed by atoms with Crippen molar-refractivity contribution in [1.82, 2.24) is 20.3 Å². The highest BCUT2D eigenvalue weighted by atomic mass is 16.7. The summed E-state index contributed by atoms with van der Waals surface area (Å²) >= 11 is 0. The number of aromatic nitrogens is 3. The summed E-state index contributed by atoms with van der Waals surface area (Å²) in [6, 6.07) is 15.8. The Morgan fingerprint density at radius 3 is 2.78 bits per heavy atom. The Bertz CT molecular complexity index is 801. The molecule has 6 heteroatoms. The van der Waals surface area contributed by atoms with Gasteiger partial charge in [0, 0.05) is 13.1 Å². The molecule has 0 atom stereocenters. The first-order valence-electron chi connectivity index (χ1n) is 7.44. The maximum atomic E-state index is 5.38. The van der Waals surface area contributed by atoms with Crippen molar-refractivity contribution in [3.63, 3.8) is 0 Å². The third kappa shape index (κ3) is 3.02. The molecule has 4 rings (SSSR count). The first-order valence-corrected chi connectivity index (χ1v) is 7.44. The molecule has 6 nitrogen and oxygen atoms in total. The molecular weight excluding hydrogens is 292 g/mol. The monoisotopic (exact) mass is 308 g/mol. The van der Waals surface area contributed by atoms with Gasteiger partial charge < -0.3 is 14.8 Å². The first kappa shape index (κ1) is 13.8. The van der Waals surface area contributed by atoms with Crippen LogP contribution in [0.4, 0.5) is 0 Å². The minimum absolute atomic E-state index is 0.300. The van der Waals surface area contributed by atoms with Gasteiger partial charge in [-0.1, -0.05) is 24.3 Å². The van der Waals surface area contributed by atoms with Crippen LogP contribution in [0, 0.1) is 0 Å². The summed E-state index contributed by atoms with van der Waals surface area (Å²) in [7, 11) is 0. The maximum Gasteiger partial charge on any atom is 0.231 e. The summed E-state index contributed by atoms with van der Waals surface area (Å²) in [6.45, 7) is 1.69. The molecule has 1 N–H and O–H groups in total. The molecule has 1 aliphatic rings. The second-order valence-corrected chi connectivity index (χ2v) is 5.25. The van der Waals surface area contributed by atoms with Gasteiger partial charge in [0.1, 0.15) is 0 Å². The van der Waals surface area contributed by atoms with Crippen molar-refractivity contribution in [2.24, 2.45) is 0 Å². The Morgan fingerprint density at radius 1 is 1.00 bits per heavy atom. The van der Waals surface area contributed by atoms with Crippen LogP contribution in [0.3, 0.4) is 0 Å². The number of nitrogens with zero attached hydrogens (tertiary/aromatic N) is 3. The van der Waals surface area contributed by atoms with E-state index in [0.717, 1.165) is 35.0 Å². The van der Waals surface area contributed by atoms with Crippen LogP contribution in [0.5, 0.6) is 11.5 Å². The van der Waals surface area contributed by atoms with Crippen molar-refractivity contribution in [3.8, 4) is 17.2 Å². The third-order valence-electron chi connectivity index (χ3n) is 3.60. The third-order valence-corrected chi connectivity index (χ3v) is 3.60. The fraction of sp³-hybridized carbons (Fsp3) is 0.176. The number of benzene rings is 2. The Hall–Kier alpha value is -2.86. The zero-order chi connectivity index (χ0) is 15.5. The topological polar surface area (TPSA) is 61.2 Å². The van der Waals surface area contributed by atoms with E-state index in [2.05, 4.69) is 15.5 Å². The van der Waals surface area contributed by atoms with E-state index >= 15 is 0 Å². The van der Waals surface area contributed by atoms with E-state index in [9.17, 15) is 0 Å². The Morgan fingerprint density at radius 2 is 1.87 bits per heavy atom. The molecule has 0 amide bonds. The molecule has 2 aromatic carbocycles. The fourth-order valence-corrected chi connectivity index (χ4v) is 2.45. The lowest BCUT2D eigenvalue weighted by Gasteiger charge is -2.04. The first-order chi connectivity index (χ1) is 11.4. The minimum atomic E-state index is 0.300. The minimum Gasteiger partial charge on any atom is -0.454 e. The van der Waals surface area contributed by atoms with Crippen LogP contribution in [0.2, 0.25) is 0 Å².